The SMILES string of the molecule is CN=C(NCCN1CCOCC1(C)C)N1CC2C3CCC(O3)C2C1.I. The molecular formula is C18H33IN4O2. The van der Waals surface area contributed by atoms with Gasteiger partial charge in [-0.25, -0.2) is 0 Å². The van der Waals surface area contributed by atoms with Gasteiger partial charge >= 0.3 is 0 Å². The molecule has 0 aromatic carbocycles. The highest BCUT2D eigenvalue weighted by Gasteiger charge is 2.53. The van der Waals surface area contributed by atoms with Crippen molar-refractivity contribution in [3.63, 3.8) is 0 Å². The third-order valence-electron chi connectivity index (χ3n) is 6.45. The standard InChI is InChI=1S/C18H32N4O2.HI/c1-18(2)12-23-9-8-22(18)7-6-20-17(19-3)21-10-13-14(11-21)16-5-4-15(13)24-16;/h13-16H,4-12H2,1-3H3,(H,19,20);1H. The predicted molar refractivity (Wildman–Crippen MR) is 110 cm³/mol. The molecule has 4 unspecified atom stereocenters. The van der Waals surface area contributed by atoms with E-state index in [0.717, 1.165) is 63.7 Å². The van der Waals surface area contributed by atoms with Crippen LogP contribution >= 0.6 is 24.0 Å². The summed E-state index contributed by atoms with van der Waals surface area (Å²) < 4.78 is 11.7. The Morgan fingerprint density at radius 3 is 2.48 bits per heavy atom. The number of aliphatic imine (C=N–C) groups is 1. The highest BCUT2D eigenvalue weighted by atomic mass is 127. The summed E-state index contributed by atoms with van der Waals surface area (Å²) in [6.07, 6.45) is 3.55. The average molecular weight is 464 g/mol. The lowest BCUT2D eigenvalue weighted by molar-refractivity contribution is -0.0496. The van der Waals surface area contributed by atoms with Crippen LogP contribution in [0.4, 0.5) is 0 Å². The van der Waals surface area contributed by atoms with Gasteiger partial charge in [-0.3, -0.25) is 9.89 Å². The molecule has 1 N–H and O–H groups in total. The van der Waals surface area contributed by atoms with Crippen molar-refractivity contribution in [1.82, 2.24) is 15.1 Å². The van der Waals surface area contributed by atoms with E-state index in [-0.39, 0.29) is 29.5 Å². The fourth-order valence-electron chi connectivity index (χ4n) is 5.07. The van der Waals surface area contributed by atoms with Crippen LogP contribution in [0.1, 0.15) is 26.7 Å². The van der Waals surface area contributed by atoms with Crippen molar-refractivity contribution in [3.8, 4) is 0 Å². The molecule has 4 saturated heterocycles. The summed E-state index contributed by atoms with van der Waals surface area (Å²) in [6.45, 7) is 11.4. The summed E-state index contributed by atoms with van der Waals surface area (Å²) in [5.74, 6) is 2.51. The zero-order valence-electron chi connectivity index (χ0n) is 15.7. The number of nitrogens with one attached hydrogen (secondary N) is 1. The minimum absolute atomic E-state index is 0. The summed E-state index contributed by atoms with van der Waals surface area (Å²) in [6, 6.07) is 0. The summed E-state index contributed by atoms with van der Waals surface area (Å²) in [5, 5.41) is 3.59. The van der Waals surface area contributed by atoms with E-state index in [4.69, 9.17) is 9.47 Å². The molecule has 0 aromatic heterocycles. The molecule has 4 rings (SSSR count). The molecule has 4 fully saturated rings. The highest BCUT2D eigenvalue weighted by Crippen LogP contribution is 2.47. The number of fused-ring (bicyclic) bond motifs is 5. The van der Waals surface area contributed by atoms with Crippen LogP contribution < -0.4 is 5.32 Å². The Bertz CT molecular complexity index is 483. The molecule has 6 nitrogen and oxygen atoms in total. The maximum Gasteiger partial charge on any atom is 0.193 e. The molecule has 0 radical (unpaired) electrons. The monoisotopic (exact) mass is 464 g/mol. The van der Waals surface area contributed by atoms with Crippen molar-refractivity contribution in [2.24, 2.45) is 16.8 Å². The Kier molecular flexibility index (Phi) is 6.17. The molecule has 4 heterocycles. The highest BCUT2D eigenvalue weighted by molar-refractivity contribution is 14.0. The van der Waals surface area contributed by atoms with E-state index < -0.39 is 0 Å². The number of halogens is 1. The molecule has 7 heteroatoms. The largest absolute Gasteiger partial charge is 0.378 e. The second kappa shape index (κ2) is 7.86. The van der Waals surface area contributed by atoms with E-state index in [2.05, 4.69) is 34.0 Å². The normalized spacial score (nSPS) is 37.1. The van der Waals surface area contributed by atoms with Gasteiger partial charge in [-0.1, -0.05) is 0 Å². The van der Waals surface area contributed by atoms with Gasteiger partial charge < -0.3 is 19.7 Å². The minimum atomic E-state index is 0. The smallest absolute Gasteiger partial charge is 0.193 e. The quantitative estimate of drug-likeness (QED) is 0.389. The van der Waals surface area contributed by atoms with Crippen LogP contribution in [0.2, 0.25) is 0 Å². The lowest BCUT2D eigenvalue weighted by atomic mass is 9.82. The molecule has 0 aliphatic carbocycles. The Morgan fingerprint density at radius 1 is 1.20 bits per heavy atom. The van der Waals surface area contributed by atoms with Crippen molar-refractivity contribution in [2.45, 2.75) is 44.4 Å². The molecule has 4 aliphatic heterocycles. The van der Waals surface area contributed by atoms with Gasteiger partial charge in [0.25, 0.3) is 0 Å². The topological polar surface area (TPSA) is 49.3 Å². The van der Waals surface area contributed by atoms with Crippen molar-refractivity contribution in [2.75, 3.05) is 53.0 Å². The molecule has 2 bridgehead atoms. The number of rotatable bonds is 3. The number of hydrogen-bond donors (Lipinski definition) is 1. The first-order valence-corrected chi connectivity index (χ1v) is 9.52. The molecule has 0 spiro atoms. The van der Waals surface area contributed by atoms with Gasteiger partial charge in [-0.2, -0.15) is 0 Å². The van der Waals surface area contributed by atoms with Gasteiger partial charge in [-0.15, -0.1) is 24.0 Å². The number of guanidine groups is 1. The summed E-state index contributed by atoms with van der Waals surface area (Å²) in [4.78, 5) is 9.50. The van der Waals surface area contributed by atoms with E-state index in [0.29, 0.717) is 12.2 Å². The molecule has 0 saturated carbocycles. The molecule has 4 aliphatic rings. The first-order valence-electron chi connectivity index (χ1n) is 9.52. The van der Waals surface area contributed by atoms with Gasteiger partial charge in [0, 0.05) is 57.1 Å². The summed E-state index contributed by atoms with van der Waals surface area (Å²) in [5.41, 5.74) is 0.130. The van der Waals surface area contributed by atoms with Crippen LogP contribution in [-0.4, -0.2) is 86.5 Å². The lowest BCUT2D eigenvalue weighted by Gasteiger charge is -2.42. The Morgan fingerprint density at radius 2 is 1.88 bits per heavy atom. The molecule has 25 heavy (non-hydrogen) atoms. The number of nitrogens with zero attached hydrogens (tertiary/aromatic N) is 3. The van der Waals surface area contributed by atoms with Crippen LogP contribution in [-0.2, 0) is 9.47 Å². The molecule has 0 amide bonds. The van der Waals surface area contributed by atoms with E-state index in [9.17, 15) is 0 Å². The summed E-state index contributed by atoms with van der Waals surface area (Å²) in [7, 11) is 1.90. The Hall–Kier alpha value is -0.120. The van der Waals surface area contributed by atoms with Crippen molar-refractivity contribution >= 4 is 29.9 Å². The van der Waals surface area contributed by atoms with Gasteiger partial charge in [0.1, 0.15) is 0 Å². The first kappa shape index (κ1) is 19.6. The third-order valence-corrected chi connectivity index (χ3v) is 6.45. The maximum atomic E-state index is 6.08. The third kappa shape index (κ3) is 3.80. The molecule has 0 aromatic rings. The van der Waals surface area contributed by atoms with Crippen molar-refractivity contribution < 1.29 is 9.47 Å². The molecule has 144 valence electrons. The van der Waals surface area contributed by atoms with E-state index in [1.807, 2.05) is 7.05 Å². The lowest BCUT2D eigenvalue weighted by Crippen LogP contribution is -2.55. The van der Waals surface area contributed by atoms with Gasteiger partial charge in [0.15, 0.2) is 5.96 Å². The second-order valence-corrected chi connectivity index (χ2v) is 8.35. The van der Waals surface area contributed by atoms with Crippen molar-refractivity contribution in [1.29, 1.82) is 0 Å². The zero-order valence-corrected chi connectivity index (χ0v) is 18.1. The fraction of sp³-hybridized carbons (Fsp3) is 0.944. The number of morpholine rings is 1. The van der Waals surface area contributed by atoms with Crippen LogP contribution in [0, 0.1) is 11.8 Å². The Balaban J connectivity index is 0.00000182. The number of hydrogen-bond acceptors (Lipinski definition) is 4. The number of ether oxygens (including phenoxy) is 2. The Labute approximate surface area is 168 Å². The van der Waals surface area contributed by atoms with Gasteiger partial charge in [0.05, 0.1) is 25.4 Å². The molecule has 4 atom stereocenters. The van der Waals surface area contributed by atoms with Crippen molar-refractivity contribution in [3.05, 3.63) is 0 Å². The predicted octanol–water partition coefficient (Wildman–Crippen LogP) is 1.40. The van der Waals surface area contributed by atoms with Gasteiger partial charge in [-0.05, 0) is 26.7 Å². The fourth-order valence-corrected chi connectivity index (χ4v) is 5.07. The average Bonchev–Trinajstić information content (AvgIpc) is 3.25. The maximum absolute atomic E-state index is 6.08. The van der Waals surface area contributed by atoms with E-state index in [1.54, 1.807) is 0 Å². The first-order chi connectivity index (χ1) is 11.6. The molecular weight excluding hydrogens is 431 g/mol. The second-order valence-electron chi connectivity index (χ2n) is 8.35. The van der Waals surface area contributed by atoms with Crippen LogP contribution in [0.15, 0.2) is 4.99 Å². The summed E-state index contributed by atoms with van der Waals surface area (Å²) >= 11 is 0. The van der Waals surface area contributed by atoms with Crippen LogP contribution in [0.3, 0.4) is 0 Å². The van der Waals surface area contributed by atoms with Crippen LogP contribution in [0.25, 0.3) is 0 Å². The zero-order chi connectivity index (χ0) is 16.7. The van der Waals surface area contributed by atoms with Gasteiger partial charge in [0.2, 0.25) is 0 Å². The van der Waals surface area contributed by atoms with Crippen LogP contribution in [0.5, 0.6) is 0 Å². The van der Waals surface area contributed by atoms with E-state index in [1.165, 1.54) is 12.8 Å². The minimum Gasteiger partial charge on any atom is -0.378 e. The number of likely N-dealkylation sites (tertiary alicyclic amines) is 1. The van der Waals surface area contributed by atoms with E-state index >= 15 is 0 Å².